The topological polar surface area (TPSA) is 130 Å². The number of aromatic nitrogens is 5. The normalized spacial score (nSPS) is 11.8. The predicted molar refractivity (Wildman–Crippen MR) is 112 cm³/mol. The molecule has 0 aliphatic heterocycles. The zero-order chi connectivity index (χ0) is 22.0. The summed E-state index contributed by atoms with van der Waals surface area (Å²) in [7, 11) is 1.51. The first kappa shape index (κ1) is 20.1. The summed E-state index contributed by atoms with van der Waals surface area (Å²) in [5, 5.41) is 30.6. The molecule has 10 nitrogen and oxygen atoms in total. The van der Waals surface area contributed by atoms with E-state index >= 15 is 0 Å². The first-order valence-corrected chi connectivity index (χ1v) is 9.44. The van der Waals surface area contributed by atoms with Crippen molar-refractivity contribution in [1.29, 1.82) is 5.26 Å². The molecule has 0 aliphatic carbocycles. The van der Waals surface area contributed by atoms with E-state index in [1.807, 2.05) is 0 Å². The number of aliphatic hydroxyl groups is 1. The number of carbonyl (C=O) groups excluding carboxylic acids is 1. The standard InChI is InChI=1S/C21H19N7O3/c1-13(29)11-27-12-17(19(26-27)15-8-14(9-22)4-5-18(15)31-2)25-21(30)16-10-24-28-7-3-6-23-20(16)28/h3-8,10,12-13,29H,11H2,1-2H3,(H,25,30)/t13-/m1/s1. The van der Waals surface area contributed by atoms with Gasteiger partial charge in [-0.25, -0.2) is 9.50 Å². The van der Waals surface area contributed by atoms with Crippen LogP contribution in [-0.4, -0.2) is 48.6 Å². The largest absolute Gasteiger partial charge is 0.496 e. The molecule has 4 rings (SSSR count). The van der Waals surface area contributed by atoms with Crippen molar-refractivity contribution in [2.45, 2.75) is 19.6 Å². The van der Waals surface area contributed by atoms with Gasteiger partial charge >= 0.3 is 0 Å². The maximum absolute atomic E-state index is 13.0. The van der Waals surface area contributed by atoms with Crippen LogP contribution in [0.2, 0.25) is 0 Å². The molecule has 156 valence electrons. The fourth-order valence-corrected chi connectivity index (χ4v) is 3.22. The van der Waals surface area contributed by atoms with Gasteiger partial charge in [-0.15, -0.1) is 0 Å². The maximum Gasteiger partial charge on any atom is 0.261 e. The van der Waals surface area contributed by atoms with Crippen LogP contribution in [0.1, 0.15) is 22.8 Å². The highest BCUT2D eigenvalue weighted by atomic mass is 16.5. The van der Waals surface area contributed by atoms with Crippen molar-refractivity contribution >= 4 is 17.2 Å². The van der Waals surface area contributed by atoms with Crippen molar-refractivity contribution in [2.24, 2.45) is 0 Å². The lowest BCUT2D eigenvalue weighted by Crippen LogP contribution is -2.13. The van der Waals surface area contributed by atoms with Gasteiger partial charge in [0.15, 0.2) is 5.65 Å². The monoisotopic (exact) mass is 417 g/mol. The van der Waals surface area contributed by atoms with E-state index in [9.17, 15) is 15.2 Å². The van der Waals surface area contributed by atoms with Crippen molar-refractivity contribution in [1.82, 2.24) is 24.4 Å². The van der Waals surface area contributed by atoms with E-state index in [0.717, 1.165) is 0 Å². The van der Waals surface area contributed by atoms with E-state index in [2.05, 4.69) is 26.6 Å². The Morgan fingerprint density at radius 2 is 2.26 bits per heavy atom. The second-order valence-corrected chi connectivity index (χ2v) is 6.89. The molecule has 0 unspecified atom stereocenters. The zero-order valence-corrected chi connectivity index (χ0v) is 16.9. The third-order valence-electron chi connectivity index (χ3n) is 4.57. The van der Waals surface area contributed by atoms with Crippen LogP contribution in [0.15, 0.2) is 49.1 Å². The lowest BCUT2D eigenvalue weighted by molar-refractivity contribution is 0.102. The van der Waals surface area contributed by atoms with Gasteiger partial charge in [0.2, 0.25) is 0 Å². The SMILES string of the molecule is COc1ccc(C#N)cc1-c1nn(C[C@@H](C)O)cc1NC(=O)c1cnn2cccnc12. The lowest BCUT2D eigenvalue weighted by Gasteiger charge is -2.09. The Balaban J connectivity index is 1.78. The van der Waals surface area contributed by atoms with Gasteiger partial charge in [-0.2, -0.15) is 15.5 Å². The Morgan fingerprint density at radius 1 is 1.42 bits per heavy atom. The van der Waals surface area contributed by atoms with Crippen LogP contribution < -0.4 is 10.1 Å². The van der Waals surface area contributed by atoms with Gasteiger partial charge in [0, 0.05) is 24.2 Å². The Bertz CT molecular complexity index is 1300. The average molecular weight is 417 g/mol. The number of fused-ring (bicyclic) bond motifs is 1. The lowest BCUT2D eigenvalue weighted by atomic mass is 10.1. The van der Waals surface area contributed by atoms with Crippen LogP contribution in [0.25, 0.3) is 16.9 Å². The molecule has 0 saturated carbocycles. The number of aliphatic hydroxyl groups excluding tert-OH is 1. The van der Waals surface area contributed by atoms with Gasteiger partial charge in [0.05, 0.1) is 43.3 Å². The molecule has 2 N–H and O–H groups in total. The summed E-state index contributed by atoms with van der Waals surface area (Å²) < 4.78 is 8.47. The summed E-state index contributed by atoms with van der Waals surface area (Å²) in [5.41, 5.74) is 2.49. The van der Waals surface area contributed by atoms with Crippen LogP contribution in [-0.2, 0) is 6.54 Å². The minimum absolute atomic E-state index is 0.224. The Morgan fingerprint density at radius 3 is 3.00 bits per heavy atom. The minimum Gasteiger partial charge on any atom is -0.496 e. The summed E-state index contributed by atoms with van der Waals surface area (Å²) in [6.45, 7) is 1.86. The number of anilines is 1. The van der Waals surface area contributed by atoms with Crippen molar-refractivity contribution in [3.8, 4) is 23.1 Å². The van der Waals surface area contributed by atoms with Crippen molar-refractivity contribution in [3.05, 3.63) is 60.2 Å². The molecule has 0 spiro atoms. The molecule has 1 atom stereocenters. The number of hydrogen-bond donors (Lipinski definition) is 2. The van der Waals surface area contributed by atoms with Crippen molar-refractivity contribution in [2.75, 3.05) is 12.4 Å². The van der Waals surface area contributed by atoms with Crippen molar-refractivity contribution in [3.63, 3.8) is 0 Å². The van der Waals surface area contributed by atoms with Crippen LogP contribution in [0.5, 0.6) is 5.75 Å². The van der Waals surface area contributed by atoms with Crippen molar-refractivity contribution < 1.29 is 14.6 Å². The van der Waals surface area contributed by atoms with Gasteiger partial charge in [0.1, 0.15) is 17.0 Å². The zero-order valence-electron chi connectivity index (χ0n) is 16.9. The Hall–Kier alpha value is -4.23. The summed E-state index contributed by atoms with van der Waals surface area (Å²) in [4.78, 5) is 17.2. The smallest absolute Gasteiger partial charge is 0.261 e. The highest BCUT2D eigenvalue weighted by molar-refractivity contribution is 6.09. The number of amides is 1. The summed E-state index contributed by atoms with van der Waals surface area (Å²) >= 11 is 0. The van der Waals surface area contributed by atoms with Crippen LogP contribution >= 0.6 is 0 Å². The third kappa shape index (κ3) is 3.94. The molecule has 0 aliphatic rings. The van der Waals surface area contributed by atoms with E-state index in [0.29, 0.717) is 39.5 Å². The molecule has 10 heteroatoms. The van der Waals surface area contributed by atoms with Gasteiger partial charge in [0.25, 0.3) is 5.91 Å². The molecule has 1 aromatic carbocycles. The molecule has 31 heavy (non-hydrogen) atoms. The summed E-state index contributed by atoms with van der Waals surface area (Å²) in [5.74, 6) is 0.0800. The first-order chi connectivity index (χ1) is 15.0. The number of hydrogen-bond acceptors (Lipinski definition) is 7. The average Bonchev–Trinajstić information content (AvgIpc) is 3.36. The Labute approximate surface area is 177 Å². The highest BCUT2D eigenvalue weighted by Gasteiger charge is 2.21. The number of ether oxygens (including phenoxy) is 1. The number of benzene rings is 1. The van der Waals surface area contributed by atoms with Crippen LogP contribution in [0.4, 0.5) is 5.69 Å². The fraction of sp³-hybridized carbons (Fsp3) is 0.190. The van der Waals surface area contributed by atoms with Gasteiger partial charge in [-0.3, -0.25) is 9.48 Å². The molecular weight excluding hydrogens is 398 g/mol. The molecule has 0 saturated heterocycles. The maximum atomic E-state index is 13.0. The Kier molecular flexibility index (Phi) is 5.34. The molecule has 3 aromatic heterocycles. The number of methoxy groups -OCH3 is 1. The molecule has 0 fully saturated rings. The predicted octanol–water partition coefficient (Wildman–Crippen LogP) is 2.11. The number of nitriles is 1. The van der Waals surface area contributed by atoms with Gasteiger partial charge < -0.3 is 15.2 Å². The van der Waals surface area contributed by atoms with E-state index < -0.39 is 12.0 Å². The summed E-state index contributed by atoms with van der Waals surface area (Å²) in [6.07, 6.45) is 5.70. The molecular formula is C21H19N7O3. The fourth-order valence-electron chi connectivity index (χ4n) is 3.22. The summed E-state index contributed by atoms with van der Waals surface area (Å²) in [6, 6.07) is 8.76. The second kappa shape index (κ2) is 8.25. The molecule has 1 amide bonds. The number of nitrogens with one attached hydrogen (secondary N) is 1. The first-order valence-electron chi connectivity index (χ1n) is 9.44. The second-order valence-electron chi connectivity index (χ2n) is 6.89. The quantitative estimate of drug-likeness (QED) is 0.491. The molecule has 0 radical (unpaired) electrons. The third-order valence-corrected chi connectivity index (χ3v) is 4.57. The minimum atomic E-state index is -0.646. The van der Waals surface area contributed by atoms with E-state index in [-0.39, 0.29) is 6.54 Å². The van der Waals surface area contributed by atoms with Crippen LogP contribution in [0.3, 0.4) is 0 Å². The van der Waals surface area contributed by atoms with E-state index in [4.69, 9.17) is 4.74 Å². The highest BCUT2D eigenvalue weighted by Crippen LogP contribution is 2.35. The van der Waals surface area contributed by atoms with Crippen LogP contribution in [0, 0.1) is 11.3 Å². The number of nitrogens with zero attached hydrogens (tertiary/aromatic N) is 6. The van der Waals surface area contributed by atoms with Gasteiger partial charge in [-0.05, 0) is 31.2 Å². The molecule has 0 bridgehead atoms. The molecule has 4 aromatic rings. The molecule has 3 heterocycles. The van der Waals surface area contributed by atoms with E-state index in [1.54, 1.807) is 49.8 Å². The number of carbonyl (C=O) groups is 1. The van der Waals surface area contributed by atoms with Gasteiger partial charge in [-0.1, -0.05) is 0 Å². The van der Waals surface area contributed by atoms with E-state index in [1.165, 1.54) is 22.5 Å². The number of rotatable bonds is 6.